The molecule has 12 saturated carbocycles. The van der Waals surface area contributed by atoms with Crippen molar-refractivity contribution >= 4 is 29.8 Å². The molecule has 1 heterocycles. The summed E-state index contributed by atoms with van der Waals surface area (Å²) < 4.78 is 30.7. The summed E-state index contributed by atoms with van der Waals surface area (Å²) in [5, 5.41) is 23.0. The van der Waals surface area contributed by atoms with E-state index >= 15 is 0 Å². The predicted molar refractivity (Wildman–Crippen MR) is 222 cm³/mol. The summed E-state index contributed by atoms with van der Waals surface area (Å²) >= 11 is 0. The van der Waals surface area contributed by atoms with Gasteiger partial charge in [-0.15, -0.1) is 0 Å². The van der Waals surface area contributed by atoms with Crippen molar-refractivity contribution in [1.29, 1.82) is 0 Å². The SMILES string of the molecule is CCC(C)(CC(CC(CC(C)C(=O)OC12CC3CC(CC(O)(C3)C1)C2)C(=O)OC12CC3CC(CC(O)(C3)C1)C2)C(=O)OC1CCOC1=O)C(=O)OC1(C)C2CC3CC(C2)CC1C3. The van der Waals surface area contributed by atoms with Crippen LogP contribution in [-0.4, -0.2) is 80.8 Å². The monoisotopic (exact) mass is 865 g/mol. The van der Waals surface area contributed by atoms with Gasteiger partial charge in [0.2, 0.25) is 6.10 Å². The van der Waals surface area contributed by atoms with E-state index in [9.17, 15) is 34.2 Å². The first-order valence-corrected chi connectivity index (χ1v) is 24.8. The number of hydrogen-bond donors (Lipinski definition) is 2. The second kappa shape index (κ2) is 15.2. The second-order valence-electron chi connectivity index (χ2n) is 24.2. The molecule has 0 amide bonds. The van der Waals surface area contributed by atoms with Crippen LogP contribution in [0.5, 0.6) is 0 Å². The molecule has 1 aliphatic heterocycles. The average molecular weight is 865 g/mol. The number of esters is 5. The molecule has 62 heavy (non-hydrogen) atoms. The minimum Gasteiger partial charge on any atom is -0.463 e. The Hall–Kier alpha value is -2.73. The zero-order valence-electron chi connectivity index (χ0n) is 37.7. The third-order valence-electron chi connectivity index (χ3n) is 19.1. The van der Waals surface area contributed by atoms with Crippen LogP contribution in [0.25, 0.3) is 0 Å². The maximum atomic E-state index is 14.9. The number of aliphatic hydroxyl groups is 2. The van der Waals surface area contributed by atoms with Gasteiger partial charge < -0.3 is 33.9 Å². The molecule has 0 aromatic heterocycles. The molecular formula is C50H72O12. The highest BCUT2D eigenvalue weighted by Gasteiger charge is 2.62. The van der Waals surface area contributed by atoms with E-state index < -0.39 is 81.2 Å². The third kappa shape index (κ3) is 7.82. The summed E-state index contributed by atoms with van der Waals surface area (Å²) in [6, 6.07) is 0. The average Bonchev–Trinajstić information content (AvgIpc) is 3.56. The van der Waals surface area contributed by atoms with Gasteiger partial charge in [-0.05, 0) is 183 Å². The lowest BCUT2D eigenvalue weighted by molar-refractivity contribution is -0.224. The van der Waals surface area contributed by atoms with E-state index in [1.165, 1.54) is 6.42 Å². The summed E-state index contributed by atoms with van der Waals surface area (Å²) in [4.78, 5) is 70.9. The van der Waals surface area contributed by atoms with Crippen LogP contribution >= 0.6 is 0 Å². The lowest BCUT2D eigenvalue weighted by atomic mass is 9.50. The highest BCUT2D eigenvalue weighted by atomic mass is 16.6. The van der Waals surface area contributed by atoms with Crippen molar-refractivity contribution in [1.82, 2.24) is 0 Å². The largest absolute Gasteiger partial charge is 0.463 e. The molecule has 2 N–H and O–H groups in total. The molecule has 0 spiro atoms. The van der Waals surface area contributed by atoms with Crippen LogP contribution < -0.4 is 0 Å². The minimum absolute atomic E-state index is 0.0156. The van der Waals surface area contributed by atoms with Crippen LogP contribution in [0.4, 0.5) is 0 Å². The van der Waals surface area contributed by atoms with Gasteiger partial charge in [-0.1, -0.05) is 13.8 Å². The van der Waals surface area contributed by atoms with Crippen LogP contribution in [0.1, 0.15) is 169 Å². The van der Waals surface area contributed by atoms with E-state index in [1.54, 1.807) is 6.92 Å². The van der Waals surface area contributed by atoms with Crippen molar-refractivity contribution in [3.8, 4) is 0 Å². The zero-order valence-corrected chi connectivity index (χ0v) is 37.7. The van der Waals surface area contributed by atoms with Crippen molar-refractivity contribution in [2.75, 3.05) is 6.61 Å². The maximum Gasteiger partial charge on any atom is 0.347 e. The van der Waals surface area contributed by atoms with E-state index in [0.29, 0.717) is 80.5 Å². The fourth-order valence-electron chi connectivity index (χ4n) is 16.9. The topological polar surface area (TPSA) is 172 Å². The van der Waals surface area contributed by atoms with Gasteiger partial charge in [0, 0.05) is 19.3 Å². The summed E-state index contributed by atoms with van der Waals surface area (Å²) in [5.41, 5.74) is -4.96. The Morgan fingerprint density at radius 1 is 0.694 bits per heavy atom. The zero-order chi connectivity index (χ0) is 43.6. The molecule has 12 nitrogen and oxygen atoms in total. The van der Waals surface area contributed by atoms with Crippen LogP contribution in [0.15, 0.2) is 0 Å². The summed E-state index contributed by atoms with van der Waals surface area (Å²) in [7, 11) is 0. The summed E-state index contributed by atoms with van der Waals surface area (Å²) in [6.07, 6.45) is 13.6. The van der Waals surface area contributed by atoms with E-state index in [-0.39, 0.29) is 50.1 Å². The summed E-state index contributed by atoms with van der Waals surface area (Å²) in [5.74, 6) is -2.21. The number of carbonyl (C=O) groups excluding carboxylic acids is 5. The molecule has 9 atom stereocenters. The quantitative estimate of drug-likeness (QED) is 0.124. The Bertz CT molecular complexity index is 1780. The van der Waals surface area contributed by atoms with Gasteiger partial charge in [-0.3, -0.25) is 19.2 Å². The second-order valence-corrected chi connectivity index (χ2v) is 24.2. The molecule has 0 aromatic rings. The standard InChI is InChI=1S/C50H72O12/c1-5-45(3,44(55)62-46(4)37-12-29-9-30(14-37)15-38(46)13-29)25-36(41(52)59-39-6-7-58-43(39)54)16-35(42(53)61-50-23-33-11-34(24-50)20-48(57,19-33)27-50)8-28(2)40(51)60-49-21-31-10-32(22-49)18-47(56,17-31)26-49/h28-39,56-57H,5-27H2,1-4H3. The van der Waals surface area contributed by atoms with Gasteiger partial charge in [0.1, 0.15) is 16.8 Å². The van der Waals surface area contributed by atoms with E-state index in [1.807, 2.05) is 13.8 Å². The predicted octanol–water partition coefficient (Wildman–Crippen LogP) is 7.31. The number of ether oxygens (including phenoxy) is 5. The minimum atomic E-state index is -1.13. The number of carbonyl (C=O) groups is 5. The normalized spacial score (nSPS) is 46.4. The fourth-order valence-corrected chi connectivity index (χ4v) is 16.9. The first-order valence-electron chi connectivity index (χ1n) is 24.8. The number of cyclic esters (lactones) is 1. The highest BCUT2D eigenvalue weighted by Crippen LogP contribution is 2.62. The maximum absolute atomic E-state index is 14.9. The van der Waals surface area contributed by atoms with Crippen molar-refractivity contribution < 1.29 is 57.9 Å². The Morgan fingerprint density at radius 3 is 1.66 bits per heavy atom. The van der Waals surface area contributed by atoms with E-state index in [4.69, 9.17) is 23.7 Å². The smallest absolute Gasteiger partial charge is 0.347 e. The first kappa shape index (κ1) is 43.2. The Kier molecular flexibility index (Phi) is 10.6. The Morgan fingerprint density at radius 2 is 1.19 bits per heavy atom. The van der Waals surface area contributed by atoms with Gasteiger partial charge in [0.05, 0.1) is 41.0 Å². The number of hydrogen-bond acceptors (Lipinski definition) is 12. The Labute approximate surface area is 367 Å². The molecule has 9 unspecified atom stereocenters. The van der Waals surface area contributed by atoms with E-state index in [2.05, 4.69) is 6.92 Å². The van der Waals surface area contributed by atoms with Crippen LogP contribution in [0, 0.1) is 70.5 Å². The van der Waals surface area contributed by atoms with Gasteiger partial charge in [0.15, 0.2) is 0 Å². The van der Waals surface area contributed by atoms with E-state index in [0.717, 1.165) is 64.2 Å². The molecule has 13 aliphatic rings. The van der Waals surface area contributed by atoms with Crippen molar-refractivity contribution in [3.05, 3.63) is 0 Å². The molecule has 13 rings (SSSR count). The molecule has 0 radical (unpaired) electrons. The van der Waals surface area contributed by atoms with Crippen molar-refractivity contribution in [2.45, 2.75) is 203 Å². The molecule has 12 aliphatic carbocycles. The third-order valence-corrected chi connectivity index (χ3v) is 19.1. The molecular weight excluding hydrogens is 793 g/mol. The van der Waals surface area contributed by atoms with Gasteiger partial charge in [-0.2, -0.15) is 0 Å². The van der Waals surface area contributed by atoms with Crippen LogP contribution in [-0.2, 0) is 47.7 Å². The van der Waals surface area contributed by atoms with Gasteiger partial charge in [0.25, 0.3) is 0 Å². The molecule has 0 aromatic carbocycles. The summed E-state index contributed by atoms with van der Waals surface area (Å²) in [6.45, 7) is 7.76. The van der Waals surface area contributed by atoms with Crippen LogP contribution in [0.3, 0.4) is 0 Å². The van der Waals surface area contributed by atoms with Crippen molar-refractivity contribution in [3.63, 3.8) is 0 Å². The van der Waals surface area contributed by atoms with Crippen molar-refractivity contribution in [2.24, 2.45) is 70.5 Å². The highest BCUT2D eigenvalue weighted by molar-refractivity contribution is 5.83. The molecule has 13 fully saturated rings. The van der Waals surface area contributed by atoms with Gasteiger partial charge in [-0.25, -0.2) is 4.79 Å². The lowest BCUT2D eigenvalue weighted by Gasteiger charge is -2.59. The Balaban J connectivity index is 0.917. The first-order chi connectivity index (χ1) is 29.3. The fraction of sp³-hybridized carbons (Fsp3) is 0.900. The lowest BCUT2D eigenvalue weighted by Crippen LogP contribution is -2.61. The van der Waals surface area contributed by atoms with Crippen LogP contribution in [0.2, 0.25) is 0 Å². The molecule has 12 bridgehead atoms. The molecule has 12 heteroatoms. The molecule has 344 valence electrons. The number of rotatable bonds is 15. The molecule has 1 saturated heterocycles. The van der Waals surface area contributed by atoms with Gasteiger partial charge >= 0.3 is 29.8 Å².